The molecule has 4 aromatic rings. The third-order valence-corrected chi connectivity index (χ3v) is 7.56. The van der Waals surface area contributed by atoms with E-state index in [4.69, 9.17) is 4.74 Å². The number of amides is 1. The summed E-state index contributed by atoms with van der Waals surface area (Å²) in [5.41, 5.74) is 5.84. The molecule has 0 saturated carbocycles. The van der Waals surface area contributed by atoms with Gasteiger partial charge in [-0.05, 0) is 66.6 Å². The third kappa shape index (κ3) is 6.67. The number of hydrogen-bond acceptors (Lipinski definition) is 7. The van der Waals surface area contributed by atoms with E-state index in [2.05, 4.69) is 20.5 Å². The Bertz CT molecular complexity index is 1490. The van der Waals surface area contributed by atoms with Crippen LogP contribution in [0.1, 0.15) is 34.0 Å². The summed E-state index contributed by atoms with van der Waals surface area (Å²) in [5, 5.41) is 4.14. The fourth-order valence-electron chi connectivity index (χ4n) is 3.62. The Morgan fingerprint density at radius 3 is 2.13 bits per heavy atom. The number of hydrazone groups is 1. The van der Waals surface area contributed by atoms with E-state index in [0.717, 1.165) is 16.7 Å². The van der Waals surface area contributed by atoms with Crippen molar-refractivity contribution in [3.8, 4) is 5.75 Å². The molecule has 0 bridgehead atoms. The maximum atomic E-state index is 13.6. The lowest BCUT2D eigenvalue weighted by atomic mass is 10.1. The van der Waals surface area contributed by atoms with Gasteiger partial charge in [-0.15, -0.1) is 0 Å². The Morgan fingerprint density at radius 2 is 1.53 bits per heavy atom. The molecule has 0 unspecified atom stereocenters. The Labute approximate surface area is 221 Å². The predicted molar refractivity (Wildman–Crippen MR) is 144 cm³/mol. The average Bonchev–Trinajstić information content (AvgIpc) is 2.96. The van der Waals surface area contributed by atoms with Gasteiger partial charge in [-0.3, -0.25) is 14.8 Å². The molecule has 0 fully saturated rings. The molecule has 0 saturated heterocycles. The highest BCUT2D eigenvalue weighted by molar-refractivity contribution is 7.89. The Balaban J connectivity index is 1.52. The lowest BCUT2D eigenvalue weighted by Gasteiger charge is -2.22. The van der Waals surface area contributed by atoms with E-state index >= 15 is 0 Å². The van der Waals surface area contributed by atoms with Crippen molar-refractivity contribution in [3.05, 3.63) is 120 Å². The molecule has 9 nitrogen and oxygen atoms in total. The van der Waals surface area contributed by atoms with Gasteiger partial charge in [0.1, 0.15) is 5.75 Å². The van der Waals surface area contributed by atoms with E-state index in [9.17, 15) is 13.2 Å². The molecular formula is C28H27N5O4S. The highest BCUT2D eigenvalue weighted by Crippen LogP contribution is 2.23. The first-order valence-corrected chi connectivity index (χ1v) is 13.2. The summed E-state index contributed by atoms with van der Waals surface area (Å²) in [6.45, 7) is 2.01. The number of pyridine rings is 2. The van der Waals surface area contributed by atoms with Crippen molar-refractivity contribution >= 4 is 21.6 Å². The molecule has 2 aromatic carbocycles. The van der Waals surface area contributed by atoms with Crippen LogP contribution in [0.25, 0.3) is 0 Å². The standard InChI is InChI=1S/C28H27N5O4S/c1-21(25-6-4-16-30-18-25)31-32-28(34)24-9-7-22(8-10-24)19-33(20-23-5-3-15-29-17-23)38(35,36)27-13-11-26(37-2)12-14-27/h3-18H,19-20H2,1-2H3,(H,32,34)/b31-21-. The number of ether oxygens (including phenoxy) is 1. The van der Waals surface area contributed by atoms with Crippen LogP contribution in [-0.4, -0.2) is 41.4 Å². The predicted octanol–water partition coefficient (Wildman–Crippen LogP) is 4.03. The van der Waals surface area contributed by atoms with Gasteiger partial charge < -0.3 is 4.74 Å². The van der Waals surface area contributed by atoms with Crippen LogP contribution in [0.15, 0.2) is 108 Å². The van der Waals surface area contributed by atoms with Crippen LogP contribution >= 0.6 is 0 Å². The maximum Gasteiger partial charge on any atom is 0.271 e. The van der Waals surface area contributed by atoms with E-state index in [1.165, 1.54) is 23.5 Å². The van der Waals surface area contributed by atoms with Crippen LogP contribution in [0.4, 0.5) is 0 Å². The van der Waals surface area contributed by atoms with Crippen LogP contribution in [0.3, 0.4) is 0 Å². The summed E-state index contributed by atoms with van der Waals surface area (Å²) < 4.78 is 33.7. The van der Waals surface area contributed by atoms with E-state index in [-0.39, 0.29) is 23.9 Å². The second-order valence-electron chi connectivity index (χ2n) is 8.39. The first-order valence-electron chi connectivity index (χ1n) is 11.7. The minimum atomic E-state index is -3.85. The molecule has 0 spiro atoms. The Hall–Kier alpha value is -4.41. The van der Waals surface area contributed by atoms with Crippen LogP contribution in [0.2, 0.25) is 0 Å². The minimum absolute atomic E-state index is 0.101. The molecule has 4 rings (SSSR count). The lowest BCUT2D eigenvalue weighted by Crippen LogP contribution is -2.30. The number of nitrogens with one attached hydrogen (secondary N) is 1. The van der Waals surface area contributed by atoms with Gasteiger partial charge in [0.05, 0.1) is 17.7 Å². The van der Waals surface area contributed by atoms with Gasteiger partial charge in [0, 0.05) is 49.0 Å². The van der Waals surface area contributed by atoms with E-state index in [0.29, 0.717) is 17.0 Å². The Morgan fingerprint density at radius 1 is 0.868 bits per heavy atom. The van der Waals surface area contributed by atoms with Gasteiger partial charge in [0.2, 0.25) is 10.0 Å². The van der Waals surface area contributed by atoms with E-state index in [1.807, 2.05) is 12.1 Å². The Kier molecular flexibility index (Phi) is 8.57. The molecule has 0 aliphatic heterocycles. The molecule has 10 heteroatoms. The van der Waals surface area contributed by atoms with Crippen molar-refractivity contribution in [2.24, 2.45) is 5.10 Å². The van der Waals surface area contributed by atoms with Gasteiger partial charge in [-0.1, -0.05) is 24.3 Å². The molecular weight excluding hydrogens is 502 g/mol. The van der Waals surface area contributed by atoms with Crippen molar-refractivity contribution < 1.29 is 17.9 Å². The molecule has 0 aliphatic carbocycles. The molecule has 2 aromatic heterocycles. The summed E-state index contributed by atoms with van der Waals surface area (Å²) in [6.07, 6.45) is 6.60. The summed E-state index contributed by atoms with van der Waals surface area (Å²) >= 11 is 0. The van der Waals surface area contributed by atoms with Crippen LogP contribution in [0, 0.1) is 0 Å². The van der Waals surface area contributed by atoms with Crippen molar-refractivity contribution in [1.82, 2.24) is 19.7 Å². The number of benzene rings is 2. The number of rotatable bonds is 10. The highest BCUT2D eigenvalue weighted by Gasteiger charge is 2.25. The van der Waals surface area contributed by atoms with Gasteiger partial charge >= 0.3 is 0 Å². The van der Waals surface area contributed by atoms with Gasteiger partial charge in [0.15, 0.2) is 0 Å². The first kappa shape index (κ1) is 26.6. The largest absolute Gasteiger partial charge is 0.497 e. The zero-order valence-electron chi connectivity index (χ0n) is 21.0. The molecule has 0 aliphatic rings. The molecule has 0 atom stereocenters. The smallest absolute Gasteiger partial charge is 0.271 e. The van der Waals surface area contributed by atoms with Crippen LogP contribution in [0.5, 0.6) is 5.75 Å². The lowest BCUT2D eigenvalue weighted by molar-refractivity contribution is 0.0954. The fraction of sp³-hybridized carbons (Fsp3) is 0.143. The van der Waals surface area contributed by atoms with Crippen LogP contribution < -0.4 is 10.2 Å². The topological polar surface area (TPSA) is 114 Å². The first-order chi connectivity index (χ1) is 18.4. The van der Waals surface area contributed by atoms with Crippen molar-refractivity contribution in [1.29, 1.82) is 0 Å². The van der Waals surface area contributed by atoms with Gasteiger partial charge in [-0.25, -0.2) is 13.8 Å². The fourth-order valence-corrected chi connectivity index (χ4v) is 5.04. The number of methoxy groups -OCH3 is 1. The molecule has 1 amide bonds. The number of nitrogens with zero attached hydrogens (tertiary/aromatic N) is 4. The quantitative estimate of drug-likeness (QED) is 0.245. The van der Waals surface area contributed by atoms with Crippen molar-refractivity contribution in [2.75, 3.05) is 7.11 Å². The zero-order chi connectivity index (χ0) is 27.0. The van der Waals surface area contributed by atoms with Crippen LogP contribution in [-0.2, 0) is 23.1 Å². The van der Waals surface area contributed by atoms with Crippen molar-refractivity contribution in [2.45, 2.75) is 24.9 Å². The van der Waals surface area contributed by atoms with E-state index in [1.54, 1.807) is 80.2 Å². The second kappa shape index (κ2) is 12.2. The summed E-state index contributed by atoms with van der Waals surface area (Å²) in [7, 11) is -2.32. The molecule has 38 heavy (non-hydrogen) atoms. The van der Waals surface area contributed by atoms with Gasteiger partial charge in [0.25, 0.3) is 5.91 Å². The third-order valence-electron chi connectivity index (χ3n) is 5.76. The minimum Gasteiger partial charge on any atom is -0.497 e. The summed E-state index contributed by atoms with van der Waals surface area (Å²) in [4.78, 5) is 20.9. The van der Waals surface area contributed by atoms with Gasteiger partial charge in [-0.2, -0.15) is 9.41 Å². The monoisotopic (exact) mass is 529 g/mol. The number of carbonyl (C=O) groups is 1. The average molecular weight is 530 g/mol. The molecule has 194 valence electrons. The summed E-state index contributed by atoms with van der Waals surface area (Å²) in [5.74, 6) is 0.189. The molecule has 0 radical (unpaired) electrons. The zero-order valence-corrected chi connectivity index (χ0v) is 21.8. The number of carbonyl (C=O) groups excluding carboxylic acids is 1. The normalized spacial score (nSPS) is 11.8. The highest BCUT2D eigenvalue weighted by atomic mass is 32.2. The maximum absolute atomic E-state index is 13.6. The van der Waals surface area contributed by atoms with Crippen molar-refractivity contribution in [3.63, 3.8) is 0 Å². The number of sulfonamides is 1. The number of aromatic nitrogens is 2. The number of hydrogen-bond donors (Lipinski definition) is 1. The summed E-state index contributed by atoms with van der Waals surface area (Å²) in [6, 6.07) is 20.2. The molecule has 1 N–H and O–H groups in total. The van der Waals surface area contributed by atoms with E-state index < -0.39 is 10.0 Å². The molecule has 2 heterocycles. The second-order valence-corrected chi connectivity index (χ2v) is 10.3. The SMILES string of the molecule is COc1ccc(S(=O)(=O)N(Cc2ccc(C(=O)N/N=C(/C)c3cccnc3)cc2)Cc2cccnc2)cc1.